The molecule has 7 heteroatoms. The molecule has 106 valence electrons. The summed E-state index contributed by atoms with van der Waals surface area (Å²) in [7, 11) is 1.81. The fraction of sp³-hybridized carbons (Fsp3) is 0.667. The molecule has 0 aliphatic heterocycles. The van der Waals surface area contributed by atoms with Crippen molar-refractivity contribution < 1.29 is 15.1 Å². The van der Waals surface area contributed by atoms with Crippen LogP contribution in [-0.2, 0) is 0 Å². The first-order chi connectivity index (χ1) is 8.88. The highest BCUT2D eigenvalue weighted by Crippen LogP contribution is 2.40. The number of thiophene rings is 1. The van der Waals surface area contributed by atoms with Gasteiger partial charge in [-0.1, -0.05) is 0 Å². The molecule has 1 aliphatic rings. The average Bonchev–Trinajstić information content (AvgIpc) is 2.71. The molecular formula is C12H18N2O4S. The summed E-state index contributed by atoms with van der Waals surface area (Å²) in [6.07, 6.45) is 0.598. The summed E-state index contributed by atoms with van der Waals surface area (Å²) in [5, 5.41) is 30.4. The molecule has 0 radical (unpaired) electrons. The van der Waals surface area contributed by atoms with Crippen molar-refractivity contribution in [2.24, 2.45) is 5.92 Å². The number of hydrogen-bond acceptors (Lipinski definition) is 6. The molecule has 1 aliphatic carbocycles. The van der Waals surface area contributed by atoms with Gasteiger partial charge >= 0.3 is 5.69 Å². The lowest BCUT2D eigenvalue weighted by molar-refractivity contribution is -0.383. The first-order valence-electron chi connectivity index (χ1n) is 6.24. The van der Waals surface area contributed by atoms with Gasteiger partial charge in [-0.05, 0) is 25.7 Å². The van der Waals surface area contributed by atoms with Gasteiger partial charge in [0.05, 0.1) is 17.1 Å². The van der Waals surface area contributed by atoms with Crippen LogP contribution in [0.25, 0.3) is 0 Å². The summed E-state index contributed by atoms with van der Waals surface area (Å²) in [4.78, 5) is 13.1. The molecule has 0 saturated heterocycles. The highest BCUT2D eigenvalue weighted by Gasteiger charge is 2.30. The van der Waals surface area contributed by atoms with E-state index < -0.39 is 11.0 Å². The number of rotatable bonds is 5. The molecule has 19 heavy (non-hydrogen) atoms. The van der Waals surface area contributed by atoms with Crippen molar-refractivity contribution in [3.05, 3.63) is 21.1 Å². The maximum atomic E-state index is 11.0. The van der Waals surface area contributed by atoms with Crippen molar-refractivity contribution in [2.45, 2.75) is 32.0 Å². The Morgan fingerprint density at radius 2 is 2.26 bits per heavy atom. The maximum Gasteiger partial charge on any atom is 0.304 e. The second kappa shape index (κ2) is 5.44. The van der Waals surface area contributed by atoms with Crippen LogP contribution in [0.4, 0.5) is 10.7 Å². The smallest absolute Gasteiger partial charge is 0.304 e. The highest BCUT2D eigenvalue weighted by atomic mass is 32.1. The summed E-state index contributed by atoms with van der Waals surface area (Å²) in [6, 6.07) is 1.44. The van der Waals surface area contributed by atoms with Crippen LogP contribution in [0.15, 0.2) is 6.07 Å². The van der Waals surface area contributed by atoms with Crippen molar-refractivity contribution in [3.63, 3.8) is 0 Å². The summed E-state index contributed by atoms with van der Waals surface area (Å²) >= 11 is 1.25. The summed E-state index contributed by atoms with van der Waals surface area (Å²) in [6.45, 7) is 2.29. The number of hydrogen-bond donors (Lipinski definition) is 2. The maximum absolute atomic E-state index is 11.0. The largest absolute Gasteiger partial charge is 0.393 e. The van der Waals surface area contributed by atoms with Gasteiger partial charge in [0, 0.05) is 24.5 Å². The molecule has 0 bridgehead atoms. The lowest BCUT2D eigenvalue weighted by Crippen LogP contribution is -2.37. The molecule has 0 unspecified atom stereocenters. The van der Waals surface area contributed by atoms with Crippen molar-refractivity contribution in [1.29, 1.82) is 0 Å². The quantitative estimate of drug-likeness (QED) is 0.638. The zero-order valence-electron chi connectivity index (χ0n) is 10.9. The number of aliphatic hydroxyl groups excluding tert-OH is 2. The Morgan fingerprint density at radius 3 is 2.74 bits per heavy atom. The van der Waals surface area contributed by atoms with Gasteiger partial charge in [0.15, 0.2) is 5.00 Å². The van der Waals surface area contributed by atoms with Gasteiger partial charge in [0.2, 0.25) is 0 Å². The van der Waals surface area contributed by atoms with Gasteiger partial charge in [-0.25, -0.2) is 0 Å². The van der Waals surface area contributed by atoms with E-state index >= 15 is 0 Å². The van der Waals surface area contributed by atoms with E-state index in [2.05, 4.69) is 0 Å². The third kappa shape index (κ3) is 3.05. The fourth-order valence-corrected chi connectivity index (χ4v) is 3.35. The Labute approximate surface area is 115 Å². The Hall–Kier alpha value is -1.18. The van der Waals surface area contributed by atoms with E-state index in [0.717, 1.165) is 12.8 Å². The van der Waals surface area contributed by atoms with Crippen molar-refractivity contribution in [2.75, 3.05) is 18.5 Å². The predicted octanol–water partition coefficient (Wildman–Crippen LogP) is 1.92. The van der Waals surface area contributed by atoms with Gasteiger partial charge < -0.3 is 15.1 Å². The molecule has 1 fully saturated rings. The predicted molar refractivity (Wildman–Crippen MR) is 73.6 cm³/mol. The number of anilines is 1. The van der Waals surface area contributed by atoms with Crippen molar-refractivity contribution >= 4 is 22.0 Å². The zero-order chi connectivity index (χ0) is 14.2. The zero-order valence-corrected chi connectivity index (χ0v) is 11.8. The molecular weight excluding hydrogens is 268 g/mol. The standard InChI is InChI=1S/C12H18N2O4S/c1-7(15)11-5-10(14(17)18)12(19-11)13(2)6-8-3-9(16)4-8/h5,7-9,15-16H,3-4,6H2,1-2H3/t7-,8?,9?/m1/s1. The summed E-state index contributed by atoms with van der Waals surface area (Å²) in [5.41, 5.74) is 0.0447. The molecule has 1 heterocycles. The average molecular weight is 286 g/mol. The molecule has 0 spiro atoms. The van der Waals surface area contributed by atoms with E-state index in [9.17, 15) is 20.3 Å². The van der Waals surface area contributed by atoms with E-state index in [4.69, 9.17) is 0 Å². The minimum absolute atomic E-state index is 0.0447. The van der Waals surface area contributed by atoms with Crippen LogP contribution < -0.4 is 4.90 Å². The lowest BCUT2D eigenvalue weighted by Gasteiger charge is -2.34. The molecule has 2 rings (SSSR count). The van der Waals surface area contributed by atoms with Crippen LogP contribution in [0.1, 0.15) is 30.7 Å². The SMILES string of the molecule is C[C@@H](O)c1cc([N+](=O)[O-])c(N(C)CC2CC(O)C2)s1. The second-order valence-corrected chi connectivity index (χ2v) is 6.21. The van der Waals surface area contributed by atoms with Gasteiger partial charge in [-0.15, -0.1) is 11.3 Å². The topological polar surface area (TPSA) is 86.8 Å². The summed E-state index contributed by atoms with van der Waals surface area (Å²) < 4.78 is 0. The van der Waals surface area contributed by atoms with Gasteiger partial charge in [-0.3, -0.25) is 10.1 Å². The molecule has 6 nitrogen and oxygen atoms in total. The molecule has 1 atom stereocenters. The highest BCUT2D eigenvalue weighted by molar-refractivity contribution is 7.16. The Bertz CT molecular complexity index is 468. The van der Waals surface area contributed by atoms with E-state index in [1.54, 1.807) is 6.92 Å². The molecule has 1 aromatic rings. The van der Waals surface area contributed by atoms with Gasteiger partial charge in [0.1, 0.15) is 0 Å². The van der Waals surface area contributed by atoms with E-state index in [0.29, 0.717) is 22.3 Å². The number of aliphatic hydroxyl groups is 2. The number of nitro groups is 1. The second-order valence-electron chi connectivity index (χ2n) is 5.14. The molecule has 1 saturated carbocycles. The minimum Gasteiger partial charge on any atom is -0.393 e. The molecule has 0 aromatic carbocycles. The van der Waals surface area contributed by atoms with E-state index in [1.807, 2.05) is 11.9 Å². The number of nitrogens with zero attached hydrogens (tertiary/aromatic N) is 2. The van der Waals surface area contributed by atoms with Crippen LogP contribution in [0.5, 0.6) is 0 Å². The van der Waals surface area contributed by atoms with Crippen LogP contribution in [0.3, 0.4) is 0 Å². The van der Waals surface area contributed by atoms with E-state index in [-0.39, 0.29) is 11.8 Å². The Balaban J connectivity index is 2.14. The Morgan fingerprint density at radius 1 is 1.63 bits per heavy atom. The normalized spacial score (nSPS) is 23.8. The first kappa shape index (κ1) is 14.2. The first-order valence-corrected chi connectivity index (χ1v) is 7.05. The van der Waals surface area contributed by atoms with Crippen molar-refractivity contribution in [1.82, 2.24) is 0 Å². The van der Waals surface area contributed by atoms with Crippen LogP contribution in [0, 0.1) is 16.0 Å². The lowest BCUT2D eigenvalue weighted by atomic mass is 9.82. The van der Waals surface area contributed by atoms with Crippen molar-refractivity contribution in [3.8, 4) is 0 Å². The van der Waals surface area contributed by atoms with Gasteiger partial charge in [0.25, 0.3) is 0 Å². The van der Waals surface area contributed by atoms with Crippen LogP contribution >= 0.6 is 11.3 Å². The third-order valence-corrected chi connectivity index (χ3v) is 4.82. The Kier molecular flexibility index (Phi) is 4.07. The third-order valence-electron chi connectivity index (χ3n) is 3.41. The minimum atomic E-state index is -0.698. The van der Waals surface area contributed by atoms with Gasteiger partial charge in [-0.2, -0.15) is 0 Å². The summed E-state index contributed by atoms with van der Waals surface area (Å²) in [5.74, 6) is 0.386. The monoisotopic (exact) mass is 286 g/mol. The fourth-order valence-electron chi connectivity index (χ4n) is 2.32. The van der Waals surface area contributed by atoms with Crippen LogP contribution in [0.2, 0.25) is 0 Å². The molecule has 1 aromatic heterocycles. The molecule has 2 N–H and O–H groups in total. The van der Waals surface area contributed by atoms with Crippen LogP contribution in [-0.4, -0.2) is 34.8 Å². The molecule has 0 amide bonds. The van der Waals surface area contributed by atoms with E-state index in [1.165, 1.54) is 17.4 Å².